The standard InChI is InChI=1S/C17H25N5O2S.HI/c1-18-17(20-8-11-22-9-3-4-10-22)21-13-15-6-5-7-16(12-15)14-25(23,24)19-2;/h3-7,9-10,12,19H,8,11,13-14H2,1-2H3,(H2,18,20,21);1H. The maximum atomic E-state index is 11.7. The molecule has 0 amide bonds. The van der Waals surface area contributed by atoms with Crippen LogP contribution in [-0.2, 0) is 28.9 Å². The van der Waals surface area contributed by atoms with Gasteiger partial charge in [-0.1, -0.05) is 24.3 Å². The first kappa shape index (κ1) is 22.5. The third-order valence-electron chi connectivity index (χ3n) is 3.67. The molecule has 0 saturated heterocycles. The maximum absolute atomic E-state index is 11.7. The normalized spacial score (nSPS) is 11.7. The molecule has 2 rings (SSSR count). The van der Waals surface area contributed by atoms with Crippen LogP contribution in [-0.4, -0.2) is 39.6 Å². The highest BCUT2D eigenvalue weighted by Gasteiger charge is 2.08. The summed E-state index contributed by atoms with van der Waals surface area (Å²) in [4.78, 5) is 4.20. The van der Waals surface area contributed by atoms with Gasteiger partial charge in [-0.15, -0.1) is 24.0 Å². The molecule has 0 aliphatic rings. The largest absolute Gasteiger partial charge is 0.355 e. The second-order valence-electron chi connectivity index (χ2n) is 5.56. The number of hydrogen-bond acceptors (Lipinski definition) is 3. The lowest BCUT2D eigenvalue weighted by Gasteiger charge is -2.13. The SMILES string of the molecule is CN=C(NCCn1cccc1)NCc1cccc(CS(=O)(=O)NC)c1.I. The Hall–Kier alpha value is -1.59. The fraction of sp³-hybridized carbons (Fsp3) is 0.353. The van der Waals surface area contributed by atoms with E-state index in [1.54, 1.807) is 7.05 Å². The summed E-state index contributed by atoms with van der Waals surface area (Å²) >= 11 is 0. The molecule has 0 bridgehead atoms. The molecular formula is C17H26IN5O2S. The molecule has 0 fully saturated rings. The van der Waals surface area contributed by atoms with Gasteiger partial charge in [0.1, 0.15) is 0 Å². The predicted molar refractivity (Wildman–Crippen MR) is 116 cm³/mol. The van der Waals surface area contributed by atoms with Gasteiger partial charge in [0.15, 0.2) is 5.96 Å². The number of nitrogens with zero attached hydrogens (tertiary/aromatic N) is 2. The lowest BCUT2D eigenvalue weighted by molar-refractivity contribution is 0.587. The number of nitrogens with one attached hydrogen (secondary N) is 3. The highest BCUT2D eigenvalue weighted by molar-refractivity contribution is 14.0. The Balaban J connectivity index is 0.00000338. The van der Waals surface area contributed by atoms with Crippen molar-refractivity contribution in [3.8, 4) is 0 Å². The Morgan fingerprint density at radius 1 is 1.12 bits per heavy atom. The quantitative estimate of drug-likeness (QED) is 0.297. The first-order valence-corrected chi connectivity index (χ1v) is 9.72. The number of halogens is 1. The molecule has 7 nitrogen and oxygen atoms in total. The average molecular weight is 491 g/mol. The highest BCUT2D eigenvalue weighted by Crippen LogP contribution is 2.08. The summed E-state index contributed by atoms with van der Waals surface area (Å²) in [6.45, 7) is 2.18. The highest BCUT2D eigenvalue weighted by atomic mass is 127. The molecule has 1 aromatic carbocycles. The van der Waals surface area contributed by atoms with Crippen molar-refractivity contribution in [2.24, 2.45) is 4.99 Å². The van der Waals surface area contributed by atoms with Gasteiger partial charge in [0.05, 0.1) is 5.75 Å². The van der Waals surface area contributed by atoms with Gasteiger partial charge in [-0.25, -0.2) is 13.1 Å². The van der Waals surface area contributed by atoms with Crippen molar-refractivity contribution < 1.29 is 8.42 Å². The van der Waals surface area contributed by atoms with Crippen LogP contribution in [0.4, 0.5) is 0 Å². The van der Waals surface area contributed by atoms with Gasteiger partial charge in [-0.05, 0) is 30.3 Å². The van der Waals surface area contributed by atoms with Crippen LogP contribution in [0.2, 0.25) is 0 Å². The van der Waals surface area contributed by atoms with Crippen molar-refractivity contribution in [2.45, 2.75) is 18.8 Å². The van der Waals surface area contributed by atoms with Crippen molar-refractivity contribution in [3.05, 3.63) is 59.9 Å². The minimum Gasteiger partial charge on any atom is -0.355 e. The number of sulfonamides is 1. The van der Waals surface area contributed by atoms with Gasteiger partial charge in [0, 0.05) is 39.1 Å². The zero-order valence-electron chi connectivity index (χ0n) is 15.0. The van der Waals surface area contributed by atoms with Crippen molar-refractivity contribution in [1.82, 2.24) is 19.9 Å². The molecule has 3 N–H and O–H groups in total. The number of aliphatic imine (C=N–C) groups is 1. The average Bonchev–Trinajstić information content (AvgIpc) is 3.11. The van der Waals surface area contributed by atoms with E-state index in [1.807, 2.05) is 48.8 Å². The number of aromatic nitrogens is 1. The van der Waals surface area contributed by atoms with Crippen LogP contribution in [0.25, 0.3) is 0 Å². The first-order chi connectivity index (χ1) is 12.0. The molecule has 0 atom stereocenters. The van der Waals surface area contributed by atoms with Crippen LogP contribution in [0.3, 0.4) is 0 Å². The van der Waals surface area contributed by atoms with E-state index < -0.39 is 10.0 Å². The summed E-state index contributed by atoms with van der Waals surface area (Å²) in [6, 6.07) is 11.5. The summed E-state index contributed by atoms with van der Waals surface area (Å²) in [5.41, 5.74) is 1.75. The van der Waals surface area contributed by atoms with E-state index in [0.717, 1.165) is 24.2 Å². The second kappa shape index (κ2) is 11.2. The Kier molecular flexibility index (Phi) is 9.66. The molecule has 0 aliphatic heterocycles. The summed E-state index contributed by atoms with van der Waals surface area (Å²) in [5, 5.41) is 6.49. The summed E-state index contributed by atoms with van der Waals surface area (Å²) in [7, 11) is -0.124. The van der Waals surface area contributed by atoms with E-state index in [9.17, 15) is 8.42 Å². The minimum atomic E-state index is -3.27. The maximum Gasteiger partial charge on any atom is 0.215 e. The molecular weight excluding hydrogens is 465 g/mol. The van der Waals surface area contributed by atoms with Gasteiger partial charge >= 0.3 is 0 Å². The number of rotatable bonds is 8. The molecule has 0 spiro atoms. The molecule has 26 heavy (non-hydrogen) atoms. The number of guanidine groups is 1. The van der Waals surface area contributed by atoms with Gasteiger partial charge < -0.3 is 15.2 Å². The van der Waals surface area contributed by atoms with Crippen molar-refractivity contribution in [1.29, 1.82) is 0 Å². The van der Waals surface area contributed by atoms with E-state index in [1.165, 1.54) is 7.05 Å². The third kappa shape index (κ3) is 7.75. The second-order valence-corrected chi connectivity index (χ2v) is 7.48. The van der Waals surface area contributed by atoms with Gasteiger partial charge in [-0.2, -0.15) is 0 Å². The Bertz CT molecular complexity index is 791. The lowest BCUT2D eigenvalue weighted by Crippen LogP contribution is -2.38. The molecule has 144 valence electrons. The smallest absolute Gasteiger partial charge is 0.215 e. The summed E-state index contributed by atoms with van der Waals surface area (Å²) in [6.07, 6.45) is 4.03. The lowest BCUT2D eigenvalue weighted by atomic mass is 10.1. The first-order valence-electron chi connectivity index (χ1n) is 8.07. The Morgan fingerprint density at radius 2 is 1.81 bits per heavy atom. The van der Waals surface area contributed by atoms with Gasteiger partial charge in [0.2, 0.25) is 10.0 Å². The van der Waals surface area contributed by atoms with E-state index in [-0.39, 0.29) is 29.7 Å². The molecule has 0 aliphatic carbocycles. The molecule has 1 aromatic heterocycles. The van der Waals surface area contributed by atoms with E-state index in [0.29, 0.717) is 12.5 Å². The molecule has 0 saturated carbocycles. The van der Waals surface area contributed by atoms with Crippen molar-refractivity contribution in [2.75, 3.05) is 20.6 Å². The van der Waals surface area contributed by atoms with Gasteiger partial charge in [0.25, 0.3) is 0 Å². The van der Waals surface area contributed by atoms with Crippen LogP contribution in [0, 0.1) is 0 Å². The fourth-order valence-corrected chi connectivity index (χ4v) is 3.11. The van der Waals surface area contributed by atoms with Crippen LogP contribution in [0.15, 0.2) is 53.8 Å². The molecule has 0 unspecified atom stereocenters. The topological polar surface area (TPSA) is 87.5 Å². The van der Waals surface area contributed by atoms with Crippen LogP contribution >= 0.6 is 24.0 Å². The van der Waals surface area contributed by atoms with E-state index in [2.05, 4.69) is 24.9 Å². The number of hydrogen-bond donors (Lipinski definition) is 3. The Morgan fingerprint density at radius 3 is 2.46 bits per heavy atom. The predicted octanol–water partition coefficient (Wildman–Crippen LogP) is 1.52. The van der Waals surface area contributed by atoms with Gasteiger partial charge in [-0.3, -0.25) is 4.99 Å². The molecule has 1 heterocycles. The monoisotopic (exact) mass is 491 g/mol. The van der Waals surface area contributed by atoms with Crippen molar-refractivity contribution in [3.63, 3.8) is 0 Å². The molecule has 9 heteroatoms. The third-order valence-corrected chi connectivity index (χ3v) is 5.01. The number of benzene rings is 1. The van der Waals surface area contributed by atoms with Crippen LogP contribution in [0.5, 0.6) is 0 Å². The van der Waals surface area contributed by atoms with Crippen LogP contribution < -0.4 is 15.4 Å². The summed E-state index contributed by atoms with van der Waals surface area (Å²) in [5.74, 6) is 0.682. The zero-order chi connectivity index (χ0) is 18.1. The Labute approximate surface area is 172 Å². The van der Waals surface area contributed by atoms with E-state index >= 15 is 0 Å². The van der Waals surface area contributed by atoms with Crippen molar-refractivity contribution >= 4 is 40.0 Å². The zero-order valence-corrected chi connectivity index (χ0v) is 18.1. The summed E-state index contributed by atoms with van der Waals surface area (Å²) < 4.78 is 27.7. The minimum absolute atomic E-state index is 0. The van der Waals surface area contributed by atoms with Crippen LogP contribution in [0.1, 0.15) is 11.1 Å². The van der Waals surface area contributed by atoms with E-state index in [4.69, 9.17) is 0 Å². The molecule has 2 aromatic rings. The fourth-order valence-electron chi connectivity index (χ4n) is 2.35. The molecule has 0 radical (unpaired) electrons.